The first-order valence-electron chi connectivity index (χ1n) is 5.50. The molecular formula is C13H13BrFNOS. The molecule has 0 bridgehead atoms. The van der Waals surface area contributed by atoms with Crippen molar-refractivity contribution >= 4 is 27.3 Å². The van der Waals surface area contributed by atoms with E-state index in [1.165, 1.54) is 17.4 Å². The van der Waals surface area contributed by atoms with Gasteiger partial charge >= 0.3 is 0 Å². The van der Waals surface area contributed by atoms with Gasteiger partial charge in [0.25, 0.3) is 0 Å². The first kappa shape index (κ1) is 13.7. The number of halogens is 2. The summed E-state index contributed by atoms with van der Waals surface area (Å²) in [5.41, 5.74) is 5.98. The normalized spacial score (nSPS) is 14.4. The number of aliphatic hydroxyl groups is 1. The van der Waals surface area contributed by atoms with E-state index in [0.29, 0.717) is 4.47 Å². The van der Waals surface area contributed by atoms with Crippen molar-refractivity contribution in [1.29, 1.82) is 0 Å². The third kappa shape index (κ3) is 2.64. The van der Waals surface area contributed by atoms with Crippen LogP contribution in [0.2, 0.25) is 0 Å². The smallest absolute Gasteiger partial charge is 0.130 e. The van der Waals surface area contributed by atoms with Crippen LogP contribution in [0.15, 0.2) is 40.2 Å². The molecule has 0 aliphatic carbocycles. The Bertz CT molecular complexity index is 497. The zero-order valence-corrected chi connectivity index (χ0v) is 11.9. The van der Waals surface area contributed by atoms with Crippen LogP contribution >= 0.6 is 27.3 Å². The predicted octanol–water partition coefficient (Wildman–Crippen LogP) is 3.43. The Kier molecular flexibility index (Phi) is 4.50. The Balaban J connectivity index is 2.38. The van der Waals surface area contributed by atoms with E-state index in [1.54, 1.807) is 12.1 Å². The fourth-order valence-electron chi connectivity index (χ4n) is 1.90. The highest BCUT2D eigenvalue weighted by molar-refractivity contribution is 9.10. The summed E-state index contributed by atoms with van der Waals surface area (Å²) in [6, 6.07) is 8.44. The second-order valence-corrected chi connectivity index (χ2v) is 5.77. The lowest BCUT2D eigenvalue weighted by atomic mass is 9.94. The Hall–Kier alpha value is -0.750. The molecule has 2 nitrogen and oxygen atoms in total. The third-order valence-electron chi connectivity index (χ3n) is 2.84. The molecule has 0 radical (unpaired) electrons. The van der Waals surface area contributed by atoms with E-state index in [0.717, 1.165) is 4.88 Å². The summed E-state index contributed by atoms with van der Waals surface area (Å²) >= 11 is 4.78. The highest BCUT2D eigenvalue weighted by atomic mass is 79.9. The van der Waals surface area contributed by atoms with Gasteiger partial charge in [-0.25, -0.2) is 4.39 Å². The van der Waals surface area contributed by atoms with Crippen LogP contribution in [0.4, 0.5) is 4.39 Å². The number of hydrogen-bond acceptors (Lipinski definition) is 3. The summed E-state index contributed by atoms with van der Waals surface area (Å²) in [6.45, 7) is 0.266. The van der Waals surface area contributed by atoms with Gasteiger partial charge in [-0.15, -0.1) is 11.3 Å². The van der Waals surface area contributed by atoms with Gasteiger partial charge in [0.15, 0.2) is 0 Å². The Morgan fingerprint density at radius 2 is 2.11 bits per heavy atom. The Morgan fingerprint density at radius 3 is 2.67 bits per heavy atom. The van der Waals surface area contributed by atoms with Gasteiger partial charge in [-0.05, 0) is 23.6 Å². The number of hydrogen-bond donors (Lipinski definition) is 2. The lowest BCUT2D eigenvalue weighted by molar-refractivity contribution is 0.143. The number of thiophene rings is 1. The first-order chi connectivity index (χ1) is 8.65. The number of rotatable bonds is 4. The molecule has 2 atom stereocenters. The third-order valence-corrected chi connectivity index (χ3v) is 4.53. The lowest BCUT2D eigenvalue weighted by Gasteiger charge is -2.22. The standard InChI is InChI=1S/C13H13BrFNOS/c14-9-3-1-4-10(15)12(9)13(17)8(7-16)11-5-2-6-18-11/h1-6,8,13,17H,7,16H2. The first-order valence-corrected chi connectivity index (χ1v) is 7.18. The Morgan fingerprint density at radius 1 is 1.33 bits per heavy atom. The van der Waals surface area contributed by atoms with Crippen LogP contribution in [0.25, 0.3) is 0 Å². The van der Waals surface area contributed by atoms with Crippen molar-refractivity contribution in [2.45, 2.75) is 12.0 Å². The molecule has 2 aromatic rings. The quantitative estimate of drug-likeness (QED) is 0.902. The maximum absolute atomic E-state index is 13.8. The SMILES string of the molecule is NCC(c1cccs1)C(O)c1c(F)cccc1Br. The van der Waals surface area contributed by atoms with E-state index in [4.69, 9.17) is 5.73 Å². The van der Waals surface area contributed by atoms with Crippen LogP contribution in [0.1, 0.15) is 22.5 Å². The minimum absolute atomic E-state index is 0.265. The maximum Gasteiger partial charge on any atom is 0.130 e. The van der Waals surface area contributed by atoms with Crippen molar-refractivity contribution in [3.05, 3.63) is 56.4 Å². The van der Waals surface area contributed by atoms with E-state index in [2.05, 4.69) is 15.9 Å². The lowest BCUT2D eigenvalue weighted by Crippen LogP contribution is -2.20. The number of benzene rings is 1. The van der Waals surface area contributed by atoms with Crippen LogP contribution in [-0.4, -0.2) is 11.7 Å². The predicted molar refractivity (Wildman–Crippen MR) is 75.2 cm³/mol. The highest BCUT2D eigenvalue weighted by Gasteiger charge is 2.26. The summed E-state index contributed by atoms with van der Waals surface area (Å²) < 4.78 is 14.4. The van der Waals surface area contributed by atoms with Gasteiger partial charge in [0.2, 0.25) is 0 Å². The van der Waals surface area contributed by atoms with Crippen molar-refractivity contribution in [3.63, 3.8) is 0 Å². The molecule has 0 fully saturated rings. The second-order valence-electron chi connectivity index (χ2n) is 3.94. The number of aliphatic hydroxyl groups excluding tert-OH is 1. The van der Waals surface area contributed by atoms with Crippen LogP contribution in [0.5, 0.6) is 0 Å². The second kappa shape index (κ2) is 5.93. The number of nitrogens with two attached hydrogens (primary N) is 1. The molecule has 18 heavy (non-hydrogen) atoms. The van der Waals surface area contributed by atoms with Gasteiger partial charge < -0.3 is 10.8 Å². The molecule has 0 saturated heterocycles. The molecule has 2 unspecified atom stereocenters. The molecule has 0 saturated carbocycles. The highest BCUT2D eigenvalue weighted by Crippen LogP contribution is 2.37. The molecule has 1 heterocycles. The molecule has 2 rings (SSSR count). The van der Waals surface area contributed by atoms with E-state index in [9.17, 15) is 9.50 Å². The van der Waals surface area contributed by atoms with Crippen molar-refractivity contribution in [2.24, 2.45) is 5.73 Å². The molecular weight excluding hydrogens is 317 g/mol. The van der Waals surface area contributed by atoms with E-state index in [1.807, 2.05) is 17.5 Å². The molecule has 0 aliphatic rings. The van der Waals surface area contributed by atoms with Gasteiger partial charge in [-0.1, -0.05) is 28.1 Å². The van der Waals surface area contributed by atoms with E-state index < -0.39 is 11.9 Å². The fourth-order valence-corrected chi connectivity index (χ4v) is 3.35. The topological polar surface area (TPSA) is 46.2 Å². The van der Waals surface area contributed by atoms with E-state index >= 15 is 0 Å². The fraction of sp³-hybridized carbons (Fsp3) is 0.231. The molecule has 1 aromatic heterocycles. The maximum atomic E-state index is 13.8. The average molecular weight is 330 g/mol. The van der Waals surface area contributed by atoms with Crippen molar-refractivity contribution in [3.8, 4) is 0 Å². The summed E-state index contributed by atoms with van der Waals surface area (Å²) in [4.78, 5) is 0.958. The summed E-state index contributed by atoms with van der Waals surface area (Å²) in [7, 11) is 0. The molecule has 1 aromatic carbocycles. The van der Waals surface area contributed by atoms with Crippen molar-refractivity contribution in [2.75, 3.05) is 6.54 Å². The van der Waals surface area contributed by atoms with Crippen molar-refractivity contribution < 1.29 is 9.50 Å². The van der Waals surface area contributed by atoms with Gasteiger partial charge in [0, 0.05) is 27.4 Å². The van der Waals surface area contributed by atoms with Gasteiger partial charge in [-0.3, -0.25) is 0 Å². The van der Waals surface area contributed by atoms with Crippen LogP contribution in [0, 0.1) is 5.82 Å². The van der Waals surface area contributed by atoms with Crippen LogP contribution < -0.4 is 5.73 Å². The summed E-state index contributed by atoms with van der Waals surface area (Å²) in [6.07, 6.45) is -0.954. The molecule has 96 valence electrons. The summed E-state index contributed by atoms with van der Waals surface area (Å²) in [5.74, 6) is -0.718. The van der Waals surface area contributed by atoms with Crippen LogP contribution in [0.3, 0.4) is 0 Å². The monoisotopic (exact) mass is 329 g/mol. The zero-order chi connectivity index (χ0) is 13.1. The minimum atomic E-state index is -0.954. The molecule has 5 heteroatoms. The largest absolute Gasteiger partial charge is 0.388 e. The Labute approximate surface area is 117 Å². The minimum Gasteiger partial charge on any atom is -0.388 e. The zero-order valence-electron chi connectivity index (χ0n) is 9.51. The molecule has 0 amide bonds. The molecule has 0 spiro atoms. The van der Waals surface area contributed by atoms with Crippen LogP contribution in [-0.2, 0) is 0 Å². The molecule has 3 N–H and O–H groups in total. The molecule has 0 aliphatic heterocycles. The van der Waals surface area contributed by atoms with E-state index in [-0.39, 0.29) is 18.0 Å². The summed E-state index contributed by atoms with van der Waals surface area (Å²) in [5, 5.41) is 12.3. The van der Waals surface area contributed by atoms with Crippen molar-refractivity contribution in [1.82, 2.24) is 0 Å². The van der Waals surface area contributed by atoms with Gasteiger partial charge in [0.05, 0.1) is 6.10 Å². The van der Waals surface area contributed by atoms with Gasteiger partial charge in [0.1, 0.15) is 5.82 Å². The average Bonchev–Trinajstić information content (AvgIpc) is 2.83. The van der Waals surface area contributed by atoms with Gasteiger partial charge in [-0.2, -0.15) is 0 Å².